The van der Waals surface area contributed by atoms with E-state index in [1.54, 1.807) is 0 Å². The van der Waals surface area contributed by atoms with Gasteiger partial charge < -0.3 is 13.3 Å². The van der Waals surface area contributed by atoms with Crippen molar-refractivity contribution in [3.8, 4) is 0 Å². The zero-order valence-corrected chi connectivity index (χ0v) is 15.9. The van der Waals surface area contributed by atoms with E-state index in [-0.39, 0.29) is 18.3 Å². The fraction of sp³-hybridized carbons (Fsp3) is 0.933. The molecule has 0 aliphatic rings. The highest BCUT2D eigenvalue weighted by atomic mass is 28.4. The largest absolute Gasteiger partial charge is 0.501 e. The van der Waals surface area contributed by atoms with Gasteiger partial charge in [0.25, 0.3) is 0 Å². The lowest BCUT2D eigenvalue weighted by atomic mass is 10.2. The summed E-state index contributed by atoms with van der Waals surface area (Å²) in [4.78, 5) is 8.35. The van der Waals surface area contributed by atoms with E-state index in [1.165, 1.54) is 0 Å². The van der Waals surface area contributed by atoms with Crippen molar-refractivity contribution in [2.45, 2.75) is 86.2 Å². The monoisotopic (exact) mass is 319 g/mol. The lowest BCUT2D eigenvalue weighted by Gasteiger charge is -2.35. The van der Waals surface area contributed by atoms with Crippen molar-refractivity contribution in [1.82, 2.24) is 0 Å². The summed E-state index contributed by atoms with van der Waals surface area (Å²) in [5, 5.41) is 5.40. The van der Waals surface area contributed by atoms with E-state index in [2.05, 4.69) is 13.8 Å². The lowest BCUT2D eigenvalue weighted by Crippen LogP contribution is -2.50. The van der Waals surface area contributed by atoms with Gasteiger partial charge >= 0.3 is 8.80 Å². The molecule has 0 aliphatic heterocycles. The van der Waals surface area contributed by atoms with E-state index in [0.29, 0.717) is 5.92 Å². The van der Waals surface area contributed by atoms with Gasteiger partial charge in [-0.05, 0) is 53.9 Å². The van der Waals surface area contributed by atoms with E-state index in [1.807, 2.05) is 41.5 Å². The van der Waals surface area contributed by atoms with Crippen LogP contribution in [-0.4, -0.2) is 33.2 Å². The van der Waals surface area contributed by atoms with Crippen LogP contribution in [0.25, 0.3) is 0 Å². The first-order chi connectivity index (χ1) is 9.58. The summed E-state index contributed by atoms with van der Waals surface area (Å²) in [7, 11) is -2.55. The van der Waals surface area contributed by atoms with Gasteiger partial charge in [-0.3, -0.25) is 0 Å². The fourth-order valence-corrected chi connectivity index (χ4v) is 5.41. The van der Waals surface area contributed by atoms with Crippen molar-refractivity contribution in [3.05, 3.63) is 0 Å². The third kappa shape index (κ3) is 14.2. The second kappa shape index (κ2) is 12.1. The maximum Gasteiger partial charge on any atom is 0.501 e. The second-order valence-corrected chi connectivity index (χ2v) is 8.79. The summed E-state index contributed by atoms with van der Waals surface area (Å²) >= 11 is 0. The van der Waals surface area contributed by atoms with Crippen LogP contribution in [0.3, 0.4) is 0 Å². The molecule has 0 heterocycles. The quantitative estimate of drug-likeness (QED) is 0.394. The molecule has 0 radical (unpaired) electrons. The second-order valence-electron chi connectivity index (χ2n) is 6.22. The van der Waals surface area contributed by atoms with E-state index in [9.17, 15) is 0 Å². The third-order valence-corrected chi connectivity index (χ3v) is 5.67. The zero-order valence-electron chi connectivity index (χ0n) is 14.9. The van der Waals surface area contributed by atoms with Gasteiger partial charge in [0.1, 0.15) is 0 Å². The first-order valence-electron chi connectivity index (χ1n) is 7.65. The molecule has 6 heteroatoms. The Bertz CT molecular complexity index is 261. The van der Waals surface area contributed by atoms with Crippen LogP contribution in [0.1, 0.15) is 61.8 Å². The standard InChI is InChI=1S/C14H32O3Si.CHNO/c1-11(2)9-10-18(15-12(3)4,16-13(5)6)17-14(7)8;2-1-3/h11-14H,9-10H2,1-8H3;2H. The van der Waals surface area contributed by atoms with E-state index < -0.39 is 8.80 Å². The van der Waals surface area contributed by atoms with Crippen molar-refractivity contribution in [2.24, 2.45) is 5.92 Å². The van der Waals surface area contributed by atoms with Crippen LogP contribution >= 0.6 is 0 Å². The lowest BCUT2D eigenvalue weighted by molar-refractivity contribution is 0.00229. The minimum Gasteiger partial charge on any atom is -0.371 e. The molecule has 0 fully saturated rings. The summed E-state index contributed by atoms with van der Waals surface area (Å²) in [6, 6.07) is 0.902. The van der Waals surface area contributed by atoms with Crippen LogP contribution < -0.4 is 0 Å². The summed E-state index contributed by atoms with van der Waals surface area (Å²) in [5.74, 6) is 0.638. The van der Waals surface area contributed by atoms with Gasteiger partial charge in [-0.1, -0.05) is 13.8 Å². The third-order valence-electron chi connectivity index (χ3n) is 2.27. The molecular formula is C15H33NO4Si. The average Bonchev–Trinajstić information content (AvgIpc) is 2.24. The molecule has 21 heavy (non-hydrogen) atoms. The van der Waals surface area contributed by atoms with E-state index >= 15 is 0 Å². The minimum absolute atomic E-state index is 0.140. The van der Waals surface area contributed by atoms with Gasteiger partial charge in [0.2, 0.25) is 6.08 Å². The Morgan fingerprint density at radius 3 is 1.33 bits per heavy atom. The van der Waals surface area contributed by atoms with Crippen molar-refractivity contribution in [2.75, 3.05) is 0 Å². The predicted octanol–water partition coefficient (Wildman–Crippen LogP) is 4.15. The van der Waals surface area contributed by atoms with Crippen LogP contribution in [0.2, 0.25) is 6.04 Å². The Kier molecular flexibility index (Phi) is 13.1. The maximum atomic E-state index is 8.35. The highest BCUT2D eigenvalue weighted by Gasteiger charge is 2.43. The first kappa shape index (κ1) is 22.8. The van der Waals surface area contributed by atoms with Crippen LogP contribution in [0.15, 0.2) is 0 Å². The summed E-state index contributed by atoms with van der Waals surface area (Å²) in [6.07, 6.45) is 2.25. The number of nitrogens with one attached hydrogen (secondary N) is 1. The summed E-state index contributed by atoms with van der Waals surface area (Å²) < 4.78 is 18.3. The van der Waals surface area contributed by atoms with Gasteiger partial charge in [0, 0.05) is 24.4 Å². The Hall–Kier alpha value is -0.523. The Labute approximate surface area is 131 Å². The van der Waals surface area contributed by atoms with Crippen molar-refractivity contribution < 1.29 is 18.1 Å². The molecule has 0 amide bonds. The highest BCUT2D eigenvalue weighted by Crippen LogP contribution is 2.25. The highest BCUT2D eigenvalue weighted by molar-refractivity contribution is 6.60. The molecule has 0 saturated heterocycles. The fourth-order valence-electron chi connectivity index (χ4n) is 1.80. The Morgan fingerprint density at radius 1 is 0.857 bits per heavy atom. The van der Waals surface area contributed by atoms with Gasteiger partial charge in [0.15, 0.2) is 0 Å². The normalized spacial score (nSPS) is 11.8. The van der Waals surface area contributed by atoms with Crippen LogP contribution in [0, 0.1) is 11.3 Å². The molecule has 126 valence electrons. The number of rotatable bonds is 9. The predicted molar refractivity (Wildman–Crippen MR) is 87.1 cm³/mol. The average molecular weight is 320 g/mol. The smallest absolute Gasteiger partial charge is 0.371 e. The van der Waals surface area contributed by atoms with Crippen LogP contribution in [0.4, 0.5) is 0 Å². The van der Waals surface area contributed by atoms with E-state index in [4.69, 9.17) is 23.5 Å². The van der Waals surface area contributed by atoms with Crippen molar-refractivity contribution >= 4 is 14.9 Å². The van der Waals surface area contributed by atoms with E-state index in [0.717, 1.165) is 18.5 Å². The number of hydrogen-bond acceptors (Lipinski definition) is 5. The molecular weight excluding hydrogens is 286 g/mol. The first-order valence-corrected chi connectivity index (χ1v) is 9.59. The minimum atomic E-state index is -2.55. The molecule has 0 saturated carbocycles. The van der Waals surface area contributed by atoms with Gasteiger partial charge in [0.05, 0.1) is 0 Å². The topological polar surface area (TPSA) is 68.6 Å². The molecule has 5 nitrogen and oxygen atoms in total. The summed E-state index contributed by atoms with van der Waals surface area (Å²) in [5.41, 5.74) is 0. The molecule has 0 atom stereocenters. The van der Waals surface area contributed by atoms with Gasteiger partial charge in [-0.15, -0.1) is 0 Å². The zero-order chi connectivity index (χ0) is 17.1. The Balaban J connectivity index is 0. The Morgan fingerprint density at radius 2 is 1.14 bits per heavy atom. The molecule has 0 bridgehead atoms. The van der Waals surface area contributed by atoms with Crippen LogP contribution in [0.5, 0.6) is 0 Å². The van der Waals surface area contributed by atoms with Crippen LogP contribution in [-0.2, 0) is 18.1 Å². The molecule has 0 unspecified atom stereocenters. The van der Waals surface area contributed by atoms with Crippen molar-refractivity contribution in [3.63, 3.8) is 0 Å². The molecule has 0 aromatic heterocycles. The van der Waals surface area contributed by atoms with Crippen molar-refractivity contribution in [1.29, 1.82) is 5.41 Å². The number of carbonyl (C=O) groups excluding carboxylic acids is 1. The molecule has 0 aliphatic carbocycles. The molecule has 0 aromatic carbocycles. The molecule has 0 spiro atoms. The number of hydrogen-bond donors (Lipinski definition) is 1. The van der Waals surface area contributed by atoms with Gasteiger partial charge in [-0.2, -0.15) is 0 Å². The van der Waals surface area contributed by atoms with Gasteiger partial charge in [-0.25, -0.2) is 10.2 Å². The molecule has 1 N–H and O–H groups in total. The molecule has 0 rings (SSSR count). The molecule has 0 aromatic rings. The summed E-state index contributed by atoms with van der Waals surface area (Å²) in [6.45, 7) is 16.7. The maximum absolute atomic E-state index is 8.35. The SMILES string of the molecule is CC(C)CC[Si](OC(C)C)(OC(C)C)OC(C)C.N=C=O. The number of isocyanates is 1.